The molecule has 1 fully saturated rings. The van der Waals surface area contributed by atoms with E-state index in [1.807, 2.05) is 72.5 Å². The third-order valence-electron chi connectivity index (χ3n) is 6.03. The fourth-order valence-corrected chi connectivity index (χ4v) is 4.74. The molecule has 0 radical (unpaired) electrons. The van der Waals surface area contributed by atoms with Gasteiger partial charge >= 0.3 is 0 Å². The molecule has 0 saturated carbocycles. The van der Waals surface area contributed by atoms with E-state index in [0.717, 1.165) is 43.4 Å². The average Bonchev–Trinajstić information content (AvgIpc) is 3.37. The number of carbonyl (C=O) groups excluding carboxylic acids is 1. The van der Waals surface area contributed by atoms with Crippen molar-refractivity contribution in [3.05, 3.63) is 87.6 Å². The summed E-state index contributed by atoms with van der Waals surface area (Å²) in [4.78, 5) is 19.7. The first kappa shape index (κ1) is 22.0. The average molecular weight is 525 g/mol. The number of aryl methyl sites for hydroxylation is 1. The van der Waals surface area contributed by atoms with E-state index >= 15 is 0 Å². The maximum Gasteiger partial charge on any atom is 0.227 e. The molecule has 1 saturated heterocycles. The van der Waals surface area contributed by atoms with E-state index in [1.54, 1.807) is 0 Å². The van der Waals surface area contributed by atoms with E-state index in [2.05, 4.69) is 26.6 Å². The Morgan fingerprint density at radius 2 is 1.91 bits per heavy atom. The zero-order valence-corrected chi connectivity index (χ0v) is 20.5. The molecule has 1 aliphatic rings. The Balaban J connectivity index is 1.39. The highest BCUT2D eigenvalue weighted by Crippen LogP contribution is 2.33. The van der Waals surface area contributed by atoms with Crippen LogP contribution in [0.5, 0.6) is 5.75 Å². The molecule has 33 heavy (non-hydrogen) atoms. The fourth-order valence-electron chi connectivity index (χ4n) is 4.35. The Morgan fingerprint density at radius 3 is 2.70 bits per heavy atom. The quantitative estimate of drug-likeness (QED) is 0.295. The first-order valence-corrected chi connectivity index (χ1v) is 12.1. The highest BCUT2D eigenvalue weighted by atomic mass is 79.9. The summed E-state index contributed by atoms with van der Waals surface area (Å²) in [6.07, 6.45) is 0.441. The Hall–Kier alpha value is -2.83. The van der Waals surface area contributed by atoms with Crippen molar-refractivity contribution in [3.8, 4) is 5.75 Å². The number of rotatable bonds is 6. The summed E-state index contributed by atoms with van der Waals surface area (Å²) in [5, 5.41) is 0.728. The molecular weight excluding hydrogens is 502 g/mol. The zero-order valence-electron chi connectivity index (χ0n) is 18.2. The number of hydrogen-bond acceptors (Lipinski definition) is 3. The van der Waals surface area contributed by atoms with Gasteiger partial charge in [0.05, 0.1) is 17.6 Å². The topological polar surface area (TPSA) is 47.4 Å². The maximum atomic E-state index is 12.9. The predicted octanol–water partition coefficient (Wildman–Crippen LogP) is 6.36. The van der Waals surface area contributed by atoms with Crippen LogP contribution in [0.15, 0.2) is 71.2 Å². The number of aromatic nitrogens is 2. The third-order valence-corrected chi connectivity index (χ3v) is 6.98. The lowest BCUT2D eigenvalue weighted by Crippen LogP contribution is -2.24. The normalized spacial score (nSPS) is 16.0. The second kappa shape index (κ2) is 9.20. The van der Waals surface area contributed by atoms with Gasteiger partial charge in [0.2, 0.25) is 5.91 Å². The van der Waals surface area contributed by atoms with Gasteiger partial charge in [0.15, 0.2) is 0 Å². The van der Waals surface area contributed by atoms with Crippen molar-refractivity contribution in [2.24, 2.45) is 0 Å². The number of imidazole rings is 1. The van der Waals surface area contributed by atoms with Gasteiger partial charge < -0.3 is 14.2 Å². The molecule has 0 aliphatic carbocycles. The third kappa shape index (κ3) is 4.50. The highest BCUT2D eigenvalue weighted by molar-refractivity contribution is 9.10. The predicted molar refractivity (Wildman–Crippen MR) is 135 cm³/mol. The van der Waals surface area contributed by atoms with Crippen molar-refractivity contribution in [2.45, 2.75) is 25.8 Å². The molecule has 0 spiro atoms. The van der Waals surface area contributed by atoms with Crippen molar-refractivity contribution >= 4 is 50.2 Å². The molecule has 1 amide bonds. The van der Waals surface area contributed by atoms with Crippen LogP contribution in [0, 0.1) is 6.92 Å². The molecule has 1 unspecified atom stereocenters. The first-order chi connectivity index (χ1) is 16.0. The molecule has 1 atom stereocenters. The number of fused-ring (bicyclic) bond motifs is 1. The number of hydrogen-bond donors (Lipinski definition) is 0. The van der Waals surface area contributed by atoms with E-state index in [-0.39, 0.29) is 11.8 Å². The van der Waals surface area contributed by atoms with Crippen LogP contribution in [-0.4, -0.2) is 28.6 Å². The van der Waals surface area contributed by atoms with Crippen molar-refractivity contribution in [2.75, 3.05) is 18.1 Å². The number of nitrogens with zero attached hydrogens (tertiary/aromatic N) is 3. The number of benzene rings is 3. The molecule has 0 bridgehead atoms. The van der Waals surface area contributed by atoms with Gasteiger partial charge in [-0.1, -0.05) is 39.7 Å². The summed E-state index contributed by atoms with van der Waals surface area (Å²) in [5.74, 6) is 1.86. The van der Waals surface area contributed by atoms with Gasteiger partial charge in [-0.15, -0.1) is 0 Å². The lowest BCUT2D eigenvalue weighted by Gasteiger charge is -2.18. The van der Waals surface area contributed by atoms with Gasteiger partial charge in [-0.25, -0.2) is 4.98 Å². The minimum absolute atomic E-state index is 0.0197. The van der Waals surface area contributed by atoms with E-state index < -0.39 is 0 Å². The molecule has 2 heterocycles. The second-order valence-electron chi connectivity index (χ2n) is 8.25. The van der Waals surface area contributed by atoms with Crippen molar-refractivity contribution < 1.29 is 9.53 Å². The summed E-state index contributed by atoms with van der Waals surface area (Å²) in [7, 11) is 0. The number of halogens is 2. The molecular formula is C26H23BrClN3O2. The molecule has 4 aromatic rings. The van der Waals surface area contributed by atoms with Gasteiger partial charge in [0.25, 0.3) is 0 Å². The molecule has 5 rings (SSSR count). The molecule has 1 aromatic heterocycles. The van der Waals surface area contributed by atoms with Crippen LogP contribution in [0.2, 0.25) is 5.02 Å². The van der Waals surface area contributed by atoms with E-state index in [4.69, 9.17) is 21.3 Å². The monoisotopic (exact) mass is 523 g/mol. The number of anilines is 1. The summed E-state index contributed by atoms with van der Waals surface area (Å²) in [6, 6.07) is 21.6. The highest BCUT2D eigenvalue weighted by Gasteiger charge is 2.34. The van der Waals surface area contributed by atoms with Crippen LogP contribution in [0.3, 0.4) is 0 Å². The zero-order chi connectivity index (χ0) is 22.9. The number of ether oxygens (including phenoxy) is 1. The molecule has 168 valence electrons. The van der Waals surface area contributed by atoms with Crippen LogP contribution in [0.4, 0.5) is 5.69 Å². The standard InChI is InChI=1S/C26H23BrClN3O2/c1-17-14-21(10-11-22(17)28)33-13-12-30-24-5-3-2-4-23(24)29-26(30)18-15-25(32)31(16-18)20-8-6-19(27)7-9-20/h2-11,14,18H,12-13,15-16H2,1H3. The van der Waals surface area contributed by atoms with Gasteiger partial charge in [0, 0.05) is 34.1 Å². The maximum absolute atomic E-state index is 12.9. The summed E-state index contributed by atoms with van der Waals surface area (Å²) >= 11 is 9.59. The Bertz CT molecular complexity index is 1320. The lowest BCUT2D eigenvalue weighted by atomic mass is 10.1. The van der Waals surface area contributed by atoms with Crippen molar-refractivity contribution in [1.29, 1.82) is 0 Å². The smallest absolute Gasteiger partial charge is 0.227 e. The van der Waals surface area contributed by atoms with Crippen LogP contribution in [-0.2, 0) is 11.3 Å². The van der Waals surface area contributed by atoms with E-state index in [0.29, 0.717) is 26.1 Å². The summed E-state index contributed by atoms with van der Waals surface area (Å²) < 4.78 is 9.20. The van der Waals surface area contributed by atoms with Gasteiger partial charge in [-0.3, -0.25) is 4.79 Å². The van der Waals surface area contributed by atoms with E-state index in [9.17, 15) is 4.79 Å². The second-order valence-corrected chi connectivity index (χ2v) is 9.57. The lowest BCUT2D eigenvalue weighted by molar-refractivity contribution is -0.117. The summed E-state index contributed by atoms with van der Waals surface area (Å²) in [6.45, 7) is 3.71. The number of amides is 1. The van der Waals surface area contributed by atoms with Gasteiger partial charge in [-0.2, -0.15) is 0 Å². The van der Waals surface area contributed by atoms with E-state index in [1.165, 1.54) is 0 Å². The summed E-state index contributed by atoms with van der Waals surface area (Å²) in [5.41, 5.74) is 3.89. The minimum Gasteiger partial charge on any atom is -0.492 e. The largest absolute Gasteiger partial charge is 0.492 e. The van der Waals surface area contributed by atoms with Crippen molar-refractivity contribution in [3.63, 3.8) is 0 Å². The molecule has 3 aromatic carbocycles. The van der Waals surface area contributed by atoms with Crippen LogP contribution >= 0.6 is 27.5 Å². The van der Waals surface area contributed by atoms with Gasteiger partial charge in [-0.05, 0) is 67.1 Å². The van der Waals surface area contributed by atoms with Crippen LogP contribution in [0.1, 0.15) is 23.7 Å². The molecule has 1 aliphatic heterocycles. The van der Waals surface area contributed by atoms with Crippen LogP contribution in [0.25, 0.3) is 11.0 Å². The van der Waals surface area contributed by atoms with Crippen molar-refractivity contribution in [1.82, 2.24) is 9.55 Å². The molecule has 0 N–H and O–H groups in total. The van der Waals surface area contributed by atoms with Gasteiger partial charge in [0.1, 0.15) is 18.2 Å². The fraction of sp³-hybridized carbons (Fsp3) is 0.231. The Kier molecular flexibility index (Phi) is 6.13. The first-order valence-electron chi connectivity index (χ1n) is 10.9. The number of carbonyl (C=O) groups is 1. The van der Waals surface area contributed by atoms with Crippen LogP contribution < -0.4 is 9.64 Å². The Labute approximate surface area is 206 Å². The Morgan fingerprint density at radius 1 is 1.12 bits per heavy atom. The minimum atomic E-state index is 0.0197. The number of para-hydroxylation sites is 2. The molecule has 5 nitrogen and oxygen atoms in total. The molecule has 7 heteroatoms. The SMILES string of the molecule is Cc1cc(OCCn2c(C3CC(=O)N(c4ccc(Br)cc4)C3)nc3ccccc32)ccc1Cl.